The number of hydrogen-bond acceptors (Lipinski definition) is 6. The van der Waals surface area contributed by atoms with Gasteiger partial charge in [0.25, 0.3) is 0 Å². The number of aliphatic hydroxyl groups is 1. The summed E-state index contributed by atoms with van der Waals surface area (Å²) in [6.45, 7) is 0. The molecule has 150 valence electrons. The van der Waals surface area contributed by atoms with Crippen LogP contribution in [0, 0.1) is 0 Å². The lowest BCUT2D eigenvalue weighted by Crippen LogP contribution is -2.29. The fraction of sp³-hybridized carbons (Fsp3) is 0.389. The number of halogens is 3. The van der Waals surface area contributed by atoms with E-state index in [1.54, 1.807) is 12.1 Å². The fourth-order valence-corrected chi connectivity index (χ4v) is 3.02. The van der Waals surface area contributed by atoms with Crippen molar-refractivity contribution in [2.45, 2.75) is 44.0 Å². The number of hydrogen-bond donors (Lipinski definition) is 4. The Labute approximate surface area is 159 Å². The topological polar surface area (TPSA) is 113 Å². The lowest BCUT2D eigenvalue weighted by Gasteiger charge is -2.27. The van der Waals surface area contributed by atoms with Crippen molar-refractivity contribution in [2.75, 3.05) is 10.6 Å². The maximum absolute atomic E-state index is 13.3. The Morgan fingerprint density at radius 1 is 1.14 bits per heavy atom. The van der Waals surface area contributed by atoms with Gasteiger partial charge in [0.2, 0.25) is 11.9 Å². The molecule has 1 aromatic heterocycles. The predicted octanol–water partition coefficient (Wildman–Crippen LogP) is 3.05. The van der Waals surface area contributed by atoms with E-state index < -0.39 is 23.8 Å². The minimum absolute atomic E-state index is 0.0156. The average Bonchev–Trinajstić information content (AvgIpc) is 2.63. The number of nitrogens with zero attached hydrogens (tertiary/aromatic N) is 2. The van der Waals surface area contributed by atoms with E-state index in [1.165, 1.54) is 12.1 Å². The van der Waals surface area contributed by atoms with Crippen LogP contribution in [-0.2, 0) is 6.18 Å². The first kappa shape index (κ1) is 19.9. The summed E-state index contributed by atoms with van der Waals surface area (Å²) in [7, 11) is 0. The van der Waals surface area contributed by atoms with Crippen molar-refractivity contribution in [3.63, 3.8) is 0 Å². The second-order valence-electron chi connectivity index (χ2n) is 6.67. The van der Waals surface area contributed by atoms with E-state index in [1.807, 2.05) is 0 Å². The third-order valence-electron chi connectivity index (χ3n) is 4.56. The van der Waals surface area contributed by atoms with E-state index in [4.69, 9.17) is 5.73 Å². The van der Waals surface area contributed by atoms with E-state index in [2.05, 4.69) is 20.6 Å². The van der Waals surface area contributed by atoms with Gasteiger partial charge in [0.15, 0.2) is 0 Å². The summed E-state index contributed by atoms with van der Waals surface area (Å²) in [6, 6.07) is 5.87. The van der Waals surface area contributed by atoms with Gasteiger partial charge in [0, 0.05) is 23.5 Å². The van der Waals surface area contributed by atoms with Crippen LogP contribution >= 0.6 is 0 Å². The molecule has 1 aliphatic rings. The number of aliphatic hydroxyl groups excluding tert-OH is 1. The Morgan fingerprint density at radius 3 is 2.36 bits per heavy atom. The van der Waals surface area contributed by atoms with E-state index in [9.17, 15) is 23.1 Å². The van der Waals surface area contributed by atoms with Crippen LogP contribution in [0.1, 0.15) is 41.6 Å². The highest BCUT2D eigenvalue weighted by atomic mass is 19.4. The van der Waals surface area contributed by atoms with Gasteiger partial charge in [-0.1, -0.05) is 0 Å². The summed E-state index contributed by atoms with van der Waals surface area (Å²) in [5.41, 5.74) is 5.03. The molecule has 1 aromatic carbocycles. The summed E-state index contributed by atoms with van der Waals surface area (Å²) in [6.07, 6.45) is -2.11. The predicted molar refractivity (Wildman–Crippen MR) is 97.2 cm³/mol. The van der Waals surface area contributed by atoms with E-state index >= 15 is 0 Å². The molecule has 7 nitrogen and oxygen atoms in total. The Hall–Kier alpha value is -2.88. The molecule has 0 atom stereocenters. The number of nitrogens with two attached hydrogens (primary N) is 1. The minimum atomic E-state index is -4.60. The summed E-state index contributed by atoms with van der Waals surface area (Å²) in [5, 5.41) is 15.2. The molecule has 0 saturated heterocycles. The highest BCUT2D eigenvalue weighted by molar-refractivity contribution is 5.93. The van der Waals surface area contributed by atoms with Crippen molar-refractivity contribution in [1.29, 1.82) is 0 Å². The van der Waals surface area contributed by atoms with Gasteiger partial charge in [0.1, 0.15) is 11.4 Å². The maximum Gasteiger partial charge on any atom is 0.421 e. The van der Waals surface area contributed by atoms with Gasteiger partial charge in [-0.2, -0.15) is 18.2 Å². The molecular formula is C18H20F3N5O2. The molecule has 2 aromatic rings. The molecule has 28 heavy (non-hydrogen) atoms. The van der Waals surface area contributed by atoms with Crippen LogP contribution in [0.5, 0.6) is 0 Å². The molecule has 1 aliphatic carbocycles. The van der Waals surface area contributed by atoms with Gasteiger partial charge in [-0.15, -0.1) is 0 Å². The van der Waals surface area contributed by atoms with E-state index in [0.29, 0.717) is 36.9 Å². The second-order valence-corrected chi connectivity index (χ2v) is 6.67. The van der Waals surface area contributed by atoms with Gasteiger partial charge < -0.3 is 21.5 Å². The summed E-state index contributed by atoms with van der Waals surface area (Å²) in [4.78, 5) is 18.9. The molecular weight excluding hydrogens is 375 g/mol. The number of carbonyl (C=O) groups excluding carboxylic acids is 1. The van der Waals surface area contributed by atoms with E-state index in [-0.39, 0.29) is 17.8 Å². The number of carbonyl (C=O) groups is 1. The van der Waals surface area contributed by atoms with Crippen molar-refractivity contribution < 1.29 is 23.1 Å². The zero-order valence-electron chi connectivity index (χ0n) is 14.8. The van der Waals surface area contributed by atoms with Crippen molar-refractivity contribution in [2.24, 2.45) is 5.73 Å². The van der Waals surface area contributed by atoms with Crippen LogP contribution in [0.4, 0.5) is 30.6 Å². The molecule has 1 heterocycles. The largest absolute Gasteiger partial charge is 0.421 e. The molecule has 1 amide bonds. The molecule has 0 unspecified atom stereocenters. The lowest BCUT2D eigenvalue weighted by atomic mass is 9.93. The maximum atomic E-state index is 13.3. The number of alkyl halides is 3. The minimum Gasteiger partial charge on any atom is -0.393 e. The van der Waals surface area contributed by atoms with Crippen molar-refractivity contribution in [3.8, 4) is 0 Å². The van der Waals surface area contributed by atoms with Crippen LogP contribution < -0.4 is 16.4 Å². The van der Waals surface area contributed by atoms with Gasteiger partial charge in [-0.3, -0.25) is 4.79 Å². The molecule has 1 fully saturated rings. The monoisotopic (exact) mass is 395 g/mol. The zero-order chi connectivity index (χ0) is 20.3. The Morgan fingerprint density at radius 2 is 1.79 bits per heavy atom. The molecule has 3 rings (SSSR count). The van der Waals surface area contributed by atoms with Crippen molar-refractivity contribution in [3.05, 3.63) is 41.6 Å². The number of aromatic nitrogens is 2. The van der Waals surface area contributed by atoms with Crippen LogP contribution in [0.2, 0.25) is 0 Å². The first-order chi connectivity index (χ1) is 13.2. The van der Waals surface area contributed by atoms with Gasteiger partial charge >= 0.3 is 6.18 Å². The normalized spacial score (nSPS) is 19.9. The molecule has 10 heteroatoms. The van der Waals surface area contributed by atoms with Gasteiger partial charge in [-0.05, 0) is 49.9 Å². The SMILES string of the molecule is NC(=O)c1ccc(Nc2ncc(C(F)(F)F)c(NC3CCC(O)CC3)n2)cc1. The number of nitrogens with one attached hydrogen (secondary N) is 2. The summed E-state index contributed by atoms with van der Waals surface area (Å²) >= 11 is 0. The highest BCUT2D eigenvalue weighted by Gasteiger charge is 2.36. The van der Waals surface area contributed by atoms with Crippen LogP contribution in [0.3, 0.4) is 0 Å². The fourth-order valence-electron chi connectivity index (χ4n) is 3.02. The van der Waals surface area contributed by atoms with Gasteiger partial charge in [0.05, 0.1) is 6.10 Å². The molecule has 0 spiro atoms. The number of anilines is 3. The molecule has 0 aliphatic heterocycles. The Bertz CT molecular complexity index is 834. The van der Waals surface area contributed by atoms with Crippen LogP contribution in [0.15, 0.2) is 30.5 Å². The smallest absolute Gasteiger partial charge is 0.393 e. The number of benzene rings is 1. The molecule has 5 N–H and O–H groups in total. The molecule has 0 radical (unpaired) electrons. The third kappa shape index (κ3) is 4.89. The lowest BCUT2D eigenvalue weighted by molar-refractivity contribution is -0.137. The number of amides is 1. The van der Waals surface area contributed by atoms with Crippen LogP contribution in [0.25, 0.3) is 0 Å². The van der Waals surface area contributed by atoms with Gasteiger partial charge in [-0.25, -0.2) is 4.98 Å². The number of primary amides is 1. The van der Waals surface area contributed by atoms with E-state index in [0.717, 1.165) is 6.20 Å². The quantitative estimate of drug-likeness (QED) is 0.619. The average molecular weight is 395 g/mol. The number of rotatable bonds is 5. The first-order valence-electron chi connectivity index (χ1n) is 8.78. The Kier molecular flexibility index (Phi) is 5.68. The zero-order valence-corrected chi connectivity index (χ0v) is 14.8. The Balaban J connectivity index is 1.81. The van der Waals surface area contributed by atoms with Crippen molar-refractivity contribution >= 4 is 23.4 Å². The van der Waals surface area contributed by atoms with Crippen LogP contribution in [-0.4, -0.2) is 33.1 Å². The molecule has 1 saturated carbocycles. The molecule has 0 bridgehead atoms. The summed E-state index contributed by atoms with van der Waals surface area (Å²) in [5.74, 6) is -0.903. The second kappa shape index (κ2) is 8.01. The third-order valence-corrected chi connectivity index (χ3v) is 4.56. The standard InChI is InChI=1S/C18H20F3N5O2/c19-18(20,21)14-9-23-17(25-12-3-1-10(2-4-12)15(22)28)26-16(14)24-11-5-7-13(27)8-6-11/h1-4,9,11,13,27H,5-8H2,(H2,22,28)(H2,23,24,25,26). The summed E-state index contributed by atoms with van der Waals surface area (Å²) < 4.78 is 40.0. The van der Waals surface area contributed by atoms with Crippen molar-refractivity contribution in [1.82, 2.24) is 9.97 Å². The highest BCUT2D eigenvalue weighted by Crippen LogP contribution is 2.35. The first-order valence-corrected chi connectivity index (χ1v) is 8.78.